The molecule has 0 unspecified atom stereocenters. The van der Waals surface area contributed by atoms with Crippen molar-refractivity contribution < 1.29 is 14.7 Å². The molecule has 2 N–H and O–H groups in total. The molecule has 1 rings (SSSR count). The fourth-order valence-corrected chi connectivity index (χ4v) is 2.20. The lowest BCUT2D eigenvalue weighted by molar-refractivity contribution is 0.0690. The molecule has 0 aliphatic carbocycles. The van der Waals surface area contributed by atoms with E-state index in [0.717, 1.165) is 6.54 Å². The van der Waals surface area contributed by atoms with Crippen LogP contribution in [0.4, 0.5) is 0 Å². The molecular formula is C15H23N3O3. The van der Waals surface area contributed by atoms with Gasteiger partial charge < -0.3 is 10.4 Å². The van der Waals surface area contributed by atoms with Crippen LogP contribution in [0.3, 0.4) is 0 Å². The van der Waals surface area contributed by atoms with Crippen LogP contribution in [0.25, 0.3) is 0 Å². The first-order valence-electron chi connectivity index (χ1n) is 7.06. The van der Waals surface area contributed by atoms with Gasteiger partial charge in [-0.2, -0.15) is 0 Å². The van der Waals surface area contributed by atoms with E-state index in [9.17, 15) is 9.59 Å². The maximum Gasteiger partial charge on any atom is 0.354 e. The lowest BCUT2D eigenvalue weighted by Crippen LogP contribution is -2.42. The van der Waals surface area contributed by atoms with Gasteiger partial charge in [0.25, 0.3) is 5.91 Å². The molecule has 21 heavy (non-hydrogen) atoms. The number of aromatic carboxylic acids is 1. The van der Waals surface area contributed by atoms with E-state index in [0.29, 0.717) is 24.2 Å². The highest BCUT2D eigenvalue weighted by Gasteiger charge is 2.14. The van der Waals surface area contributed by atoms with E-state index in [1.54, 1.807) is 0 Å². The van der Waals surface area contributed by atoms with Gasteiger partial charge in [0, 0.05) is 36.9 Å². The SMILES string of the molecule is CC(C)N(CCNC(=O)c1ccnc(C(=O)O)c1)C(C)C. The Kier molecular flexibility index (Phi) is 6.30. The molecule has 0 aromatic carbocycles. The quantitative estimate of drug-likeness (QED) is 0.798. The van der Waals surface area contributed by atoms with Crippen LogP contribution in [0.2, 0.25) is 0 Å². The fraction of sp³-hybridized carbons (Fsp3) is 0.533. The number of carboxylic acid groups (broad SMARTS) is 1. The summed E-state index contributed by atoms with van der Waals surface area (Å²) in [6, 6.07) is 3.59. The molecule has 6 heteroatoms. The molecule has 6 nitrogen and oxygen atoms in total. The summed E-state index contributed by atoms with van der Waals surface area (Å²) in [5, 5.41) is 11.7. The summed E-state index contributed by atoms with van der Waals surface area (Å²) in [5.41, 5.74) is 0.177. The third kappa shape index (κ3) is 5.15. The Morgan fingerprint density at radius 3 is 2.43 bits per heavy atom. The Labute approximate surface area is 125 Å². The largest absolute Gasteiger partial charge is 0.477 e. The number of rotatable bonds is 7. The second kappa shape index (κ2) is 7.73. The zero-order valence-electron chi connectivity index (χ0n) is 13.0. The van der Waals surface area contributed by atoms with Gasteiger partial charge in [-0.25, -0.2) is 9.78 Å². The highest BCUT2D eigenvalue weighted by Crippen LogP contribution is 2.04. The van der Waals surface area contributed by atoms with Gasteiger partial charge >= 0.3 is 5.97 Å². The average Bonchev–Trinajstić information content (AvgIpc) is 2.42. The molecule has 0 radical (unpaired) electrons. The number of amides is 1. The summed E-state index contributed by atoms with van der Waals surface area (Å²) in [6.45, 7) is 9.72. The third-order valence-corrected chi connectivity index (χ3v) is 3.22. The molecule has 0 saturated carbocycles. The standard InChI is InChI=1S/C15H23N3O3/c1-10(2)18(11(3)4)8-7-17-14(19)12-5-6-16-13(9-12)15(20)21/h5-6,9-11H,7-8H2,1-4H3,(H,17,19)(H,20,21). The van der Waals surface area contributed by atoms with Crippen molar-refractivity contribution in [2.45, 2.75) is 39.8 Å². The van der Waals surface area contributed by atoms with E-state index >= 15 is 0 Å². The third-order valence-electron chi connectivity index (χ3n) is 3.22. The predicted octanol–water partition coefficient (Wildman–Crippen LogP) is 1.63. The Balaban J connectivity index is 2.58. The Bertz CT molecular complexity index is 493. The summed E-state index contributed by atoms with van der Waals surface area (Å²) in [6.07, 6.45) is 1.33. The first-order valence-corrected chi connectivity index (χ1v) is 7.06. The van der Waals surface area contributed by atoms with Crippen molar-refractivity contribution in [3.63, 3.8) is 0 Å². The molecule has 0 atom stereocenters. The van der Waals surface area contributed by atoms with E-state index in [2.05, 4.69) is 42.9 Å². The maximum atomic E-state index is 12.0. The van der Waals surface area contributed by atoms with E-state index in [1.807, 2.05) is 0 Å². The van der Waals surface area contributed by atoms with Gasteiger partial charge in [-0.3, -0.25) is 9.69 Å². The lowest BCUT2D eigenvalue weighted by atomic mass is 10.2. The molecule has 0 bridgehead atoms. The van der Waals surface area contributed by atoms with Crippen LogP contribution >= 0.6 is 0 Å². The van der Waals surface area contributed by atoms with E-state index in [4.69, 9.17) is 5.11 Å². The zero-order chi connectivity index (χ0) is 16.0. The van der Waals surface area contributed by atoms with Crippen molar-refractivity contribution in [1.82, 2.24) is 15.2 Å². The summed E-state index contributed by atoms with van der Waals surface area (Å²) in [7, 11) is 0. The van der Waals surface area contributed by atoms with E-state index in [-0.39, 0.29) is 11.6 Å². The first kappa shape index (κ1) is 17.1. The number of nitrogens with zero attached hydrogens (tertiary/aromatic N) is 2. The van der Waals surface area contributed by atoms with Crippen LogP contribution in [0.5, 0.6) is 0 Å². The summed E-state index contributed by atoms with van der Waals surface area (Å²) in [5.74, 6) is -1.43. The molecule has 1 amide bonds. The fourth-order valence-electron chi connectivity index (χ4n) is 2.20. The number of carbonyl (C=O) groups is 2. The van der Waals surface area contributed by atoms with Crippen molar-refractivity contribution in [3.8, 4) is 0 Å². The van der Waals surface area contributed by atoms with Crippen LogP contribution in [0, 0.1) is 0 Å². The van der Waals surface area contributed by atoms with Gasteiger partial charge in [-0.15, -0.1) is 0 Å². The van der Waals surface area contributed by atoms with Crippen molar-refractivity contribution in [2.75, 3.05) is 13.1 Å². The second-order valence-electron chi connectivity index (χ2n) is 5.42. The lowest BCUT2D eigenvalue weighted by Gasteiger charge is -2.30. The molecule has 0 aliphatic heterocycles. The van der Waals surface area contributed by atoms with E-state index < -0.39 is 5.97 Å². The van der Waals surface area contributed by atoms with Crippen LogP contribution in [-0.4, -0.2) is 52.0 Å². The Morgan fingerprint density at radius 2 is 1.90 bits per heavy atom. The molecule has 116 valence electrons. The number of pyridine rings is 1. The normalized spacial score (nSPS) is 11.2. The van der Waals surface area contributed by atoms with Crippen LogP contribution in [-0.2, 0) is 0 Å². The summed E-state index contributed by atoms with van der Waals surface area (Å²) >= 11 is 0. The highest BCUT2D eigenvalue weighted by molar-refractivity contribution is 5.96. The number of nitrogens with one attached hydrogen (secondary N) is 1. The van der Waals surface area contributed by atoms with Gasteiger partial charge in [-0.1, -0.05) is 0 Å². The molecule has 0 fully saturated rings. The van der Waals surface area contributed by atoms with Crippen molar-refractivity contribution >= 4 is 11.9 Å². The van der Waals surface area contributed by atoms with Crippen molar-refractivity contribution in [2.24, 2.45) is 0 Å². The number of carboxylic acids is 1. The topological polar surface area (TPSA) is 82.5 Å². The van der Waals surface area contributed by atoms with Gasteiger partial charge in [0.15, 0.2) is 0 Å². The van der Waals surface area contributed by atoms with Gasteiger partial charge in [0.05, 0.1) is 0 Å². The highest BCUT2D eigenvalue weighted by atomic mass is 16.4. The smallest absolute Gasteiger partial charge is 0.354 e. The zero-order valence-corrected chi connectivity index (χ0v) is 13.0. The minimum absolute atomic E-state index is 0.131. The van der Waals surface area contributed by atoms with Gasteiger partial charge in [0.2, 0.25) is 0 Å². The van der Waals surface area contributed by atoms with Crippen LogP contribution < -0.4 is 5.32 Å². The van der Waals surface area contributed by atoms with Crippen LogP contribution in [0.1, 0.15) is 48.5 Å². The predicted molar refractivity (Wildman–Crippen MR) is 80.5 cm³/mol. The summed E-state index contributed by atoms with van der Waals surface area (Å²) in [4.78, 5) is 28.8. The minimum Gasteiger partial charge on any atom is -0.477 e. The molecule has 1 aromatic heterocycles. The van der Waals surface area contributed by atoms with Crippen LogP contribution in [0.15, 0.2) is 18.3 Å². The Morgan fingerprint density at radius 1 is 1.29 bits per heavy atom. The Hall–Kier alpha value is -1.95. The molecule has 0 spiro atoms. The average molecular weight is 293 g/mol. The summed E-state index contributed by atoms with van der Waals surface area (Å²) < 4.78 is 0. The molecule has 1 aromatic rings. The monoisotopic (exact) mass is 293 g/mol. The molecule has 1 heterocycles. The molecule has 0 aliphatic rings. The second-order valence-corrected chi connectivity index (χ2v) is 5.42. The molecule has 0 saturated heterocycles. The van der Waals surface area contributed by atoms with Gasteiger partial charge in [-0.05, 0) is 39.8 Å². The number of carbonyl (C=O) groups excluding carboxylic acids is 1. The van der Waals surface area contributed by atoms with Crippen molar-refractivity contribution in [1.29, 1.82) is 0 Å². The minimum atomic E-state index is -1.14. The van der Waals surface area contributed by atoms with E-state index in [1.165, 1.54) is 18.3 Å². The number of aromatic nitrogens is 1. The van der Waals surface area contributed by atoms with Gasteiger partial charge in [0.1, 0.15) is 5.69 Å². The number of hydrogen-bond donors (Lipinski definition) is 2. The maximum absolute atomic E-state index is 12.0. The van der Waals surface area contributed by atoms with Crippen molar-refractivity contribution in [3.05, 3.63) is 29.6 Å². The molecular weight excluding hydrogens is 270 g/mol. The number of hydrogen-bond acceptors (Lipinski definition) is 4. The first-order chi connectivity index (χ1) is 9.82.